The monoisotopic (exact) mass is 750 g/mol. The number of halogens is 4. The Balaban J connectivity index is 1.35. The minimum Gasteiger partial charge on any atom is -0.455 e. The average Bonchev–Trinajstić information content (AvgIpc) is 3.65. The molecule has 0 aliphatic heterocycles. The van der Waals surface area contributed by atoms with Crippen LogP contribution in [0.1, 0.15) is 0 Å². The molecular formula is C46H34F4O2Si2. The van der Waals surface area contributed by atoms with Crippen LogP contribution in [0.25, 0.3) is 98.4 Å². The highest BCUT2D eigenvalue weighted by atomic mass is 28.3. The highest BCUT2D eigenvalue weighted by Crippen LogP contribution is 2.46. The predicted octanol–water partition coefficient (Wildman–Crippen LogP) is 13.4. The molecular weight excluding hydrogens is 717 g/mol. The summed E-state index contributed by atoms with van der Waals surface area (Å²) >= 11 is 0. The van der Waals surface area contributed by atoms with Gasteiger partial charge in [0, 0.05) is 55.2 Å². The molecule has 2 nitrogen and oxygen atoms in total. The molecule has 54 heavy (non-hydrogen) atoms. The van der Waals surface area contributed by atoms with Crippen LogP contribution in [0.5, 0.6) is 0 Å². The van der Waals surface area contributed by atoms with Crippen molar-refractivity contribution >= 4 is 103 Å². The van der Waals surface area contributed by atoms with Crippen LogP contribution >= 0.6 is 0 Å². The van der Waals surface area contributed by atoms with Crippen molar-refractivity contribution < 1.29 is 26.4 Å². The van der Waals surface area contributed by atoms with Crippen molar-refractivity contribution in [1.29, 1.82) is 0 Å². The van der Waals surface area contributed by atoms with Crippen LogP contribution in [0.4, 0.5) is 17.6 Å². The number of hydrogen-bond acceptors (Lipinski definition) is 2. The maximum absolute atomic E-state index is 14.3. The van der Waals surface area contributed by atoms with E-state index in [0.29, 0.717) is 33.4 Å². The molecule has 8 aromatic carbocycles. The SMILES string of the molecule is C[Si](C)(C)c1cc2c3oc4ccc(-c5cc(F)cc(F)c5)cc4c3cc3c([Si](C)(C)C)cc4c5oc6ccc(-c7cc(F)cc(F)c7)cc6c5cc1c4c32. The van der Waals surface area contributed by atoms with E-state index < -0.39 is 39.4 Å². The van der Waals surface area contributed by atoms with Gasteiger partial charge in [-0.05, 0) is 93.7 Å². The lowest BCUT2D eigenvalue weighted by molar-refractivity contribution is 0.583. The highest BCUT2D eigenvalue weighted by molar-refractivity contribution is 6.92. The number of furan rings is 2. The fourth-order valence-electron chi connectivity index (χ4n) is 8.59. The maximum Gasteiger partial charge on any atom is 0.143 e. The first-order chi connectivity index (χ1) is 25.6. The van der Waals surface area contributed by atoms with E-state index in [1.165, 1.54) is 45.4 Å². The first kappa shape index (κ1) is 33.1. The smallest absolute Gasteiger partial charge is 0.143 e. The van der Waals surface area contributed by atoms with Gasteiger partial charge >= 0.3 is 0 Å². The third-order valence-electron chi connectivity index (χ3n) is 11.0. The molecule has 10 aromatic rings. The van der Waals surface area contributed by atoms with E-state index >= 15 is 0 Å². The Labute approximate surface area is 309 Å². The average molecular weight is 751 g/mol. The molecule has 0 unspecified atom stereocenters. The fraction of sp³-hybridized carbons (Fsp3) is 0.130. The largest absolute Gasteiger partial charge is 0.455 e. The van der Waals surface area contributed by atoms with Crippen LogP contribution in [-0.2, 0) is 0 Å². The summed E-state index contributed by atoms with van der Waals surface area (Å²) in [6, 6.07) is 27.8. The first-order valence-corrected chi connectivity index (χ1v) is 25.1. The van der Waals surface area contributed by atoms with Crippen LogP contribution in [-0.4, -0.2) is 16.1 Å². The number of rotatable bonds is 4. The van der Waals surface area contributed by atoms with Crippen molar-refractivity contribution in [3.05, 3.63) is 120 Å². The summed E-state index contributed by atoms with van der Waals surface area (Å²) in [6.45, 7) is 14.1. The Bertz CT molecular complexity index is 2980. The molecule has 0 saturated heterocycles. The zero-order valence-corrected chi connectivity index (χ0v) is 32.6. The molecule has 0 bridgehead atoms. The number of benzene rings is 8. The summed E-state index contributed by atoms with van der Waals surface area (Å²) in [4.78, 5) is 0. The van der Waals surface area contributed by atoms with Crippen molar-refractivity contribution in [2.24, 2.45) is 0 Å². The normalized spacial score (nSPS) is 13.0. The Morgan fingerprint density at radius 1 is 0.352 bits per heavy atom. The van der Waals surface area contributed by atoms with Crippen molar-refractivity contribution in [1.82, 2.24) is 0 Å². The van der Waals surface area contributed by atoms with E-state index in [1.807, 2.05) is 36.4 Å². The summed E-state index contributed by atoms with van der Waals surface area (Å²) < 4.78 is 70.7. The maximum atomic E-state index is 14.3. The van der Waals surface area contributed by atoms with E-state index in [-0.39, 0.29) is 0 Å². The second kappa shape index (κ2) is 11.1. The van der Waals surface area contributed by atoms with Gasteiger partial charge < -0.3 is 8.83 Å². The predicted molar refractivity (Wildman–Crippen MR) is 221 cm³/mol. The van der Waals surface area contributed by atoms with Crippen molar-refractivity contribution in [2.45, 2.75) is 39.3 Å². The van der Waals surface area contributed by atoms with E-state index in [2.05, 4.69) is 63.5 Å². The number of hydrogen-bond donors (Lipinski definition) is 0. The topological polar surface area (TPSA) is 26.3 Å². The molecule has 10 rings (SSSR count). The molecule has 2 aromatic heterocycles. The Hall–Kier alpha value is -5.45. The minimum atomic E-state index is -2.02. The van der Waals surface area contributed by atoms with Crippen molar-refractivity contribution in [2.75, 3.05) is 0 Å². The third-order valence-corrected chi connectivity index (χ3v) is 15.1. The third kappa shape index (κ3) is 4.89. The molecule has 0 spiro atoms. The molecule has 0 saturated carbocycles. The zero-order valence-electron chi connectivity index (χ0n) is 30.6. The molecule has 266 valence electrons. The van der Waals surface area contributed by atoms with Gasteiger partial charge in [0.05, 0.1) is 16.1 Å². The van der Waals surface area contributed by atoms with Gasteiger partial charge in [0.1, 0.15) is 45.6 Å². The Morgan fingerprint density at radius 3 is 1.07 bits per heavy atom. The lowest BCUT2D eigenvalue weighted by atomic mass is 9.90. The van der Waals surface area contributed by atoms with Gasteiger partial charge in [-0.3, -0.25) is 0 Å². The summed E-state index contributed by atoms with van der Waals surface area (Å²) in [5.74, 6) is -2.48. The summed E-state index contributed by atoms with van der Waals surface area (Å²) in [6.07, 6.45) is 0. The molecule has 0 fully saturated rings. The van der Waals surface area contributed by atoms with Gasteiger partial charge in [0.25, 0.3) is 0 Å². The molecule has 0 radical (unpaired) electrons. The summed E-state index contributed by atoms with van der Waals surface area (Å²) in [5, 5.41) is 13.0. The van der Waals surface area contributed by atoms with Crippen molar-refractivity contribution in [3.8, 4) is 22.3 Å². The number of fused-ring (bicyclic) bond motifs is 8. The molecule has 0 aliphatic carbocycles. The van der Waals surface area contributed by atoms with Crippen LogP contribution in [0.2, 0.25) is 39.3 Å². The molecule has 0 N–H and O–H groups in total. The summed E-state index contributed by atoms with van der Waals surface area (Å²) in [7, 11) is -4.05. The second-order valence-corrected chi connectivity index (χ2v) is 26.8. The molecule has 0 atom stereocenters. The molecule has 0 aliphatic rings. The lowest BCUT2D eigenvalue weighted by Crippen LogP contribution is -2.39. The molecule has 0 amide bonds. The van der Waals surface area contributed by atoms with E-state index in [0.717, 1.165) is 66.4 Å². The van der Waals surface area contributed by atoms with Gasteiger partial charge in [-0.1, -0.05) is 73.9 Å². The van der Waals surface area contributed by atoms with E-state index in [1.54, 1.807) is 0 Å². The van der Waals surface area contributed by atoms with Crippen LogP contribution in [0, 0.1) is 23.3 Å². The first-order valence-electron chi connectivity index (χ1n) is 18.1. The standard InChI is InChI=1S/C46H34F4O2Si2/c1-53(2,3)41-21-37-44-36(20-34-32-16-24(8-10-40(32)51-45(34)37)26-13-29(49)18-30(50)14-26)42(54(4,5)6)22-38-43(44)35(41)19-33-31-15-23(7-9-39(31)52-46(33)38)25-11-27(47)17-28(48)12-25/h7-22H,1-6H3. The molecule has 2 heterocycles. The van der Waals surface area contributed by atoms with Gasteiger partial charge in [-0.25, -0.2) is 17.6 Å². The van der Waals surface area contributed by atoms with Crippen LogP contribution in [0.15, 0.2) is 106 Å². The van der Waals surface area contributed by atoms with Gasteiger partial charge in [0.15, 0.2) is 0 Å². The van der Waals surface area contributed by atoms with E-state index in [4.69, 9.17) is 8.83 Å². The lowest BCUT2D eigenvalue weighted by Gasteiger charge is -2.26. The minimum absolute atomic E-state index is 0.468. The highest BCUT2D eigenvalue weighted by Gasteiger charge is 2.30. The van der Waals surface area contributed by atoms with Gasteiger partial charge in [-0.15, -0.1) is 0 Å². The van der Waals surface area contributed by atoms with Crippen molar-refractivity contribution in [3.63, 3.8) is 0 Å². The molecule has 8 heteroatoms. The fourth-order valence-corrected chi connectivity index (χ4v) is 11.8. The van der Waals surface area contributed by atoms with E-state index in [9.17, 15) is 17.6 Å². The zero-order chi connectivity index (χ0) is 37.6. The Morgan fingerprint density at radius 2 is 0.722 bits per heavy atom. The van der Waals surface area contributed by atoms with Crippen LogP contribution < -0.4 is 10.4 Å². The van der Waals surface area contributed by atoms with Gasteiger partial charge in [0.2, 0.25) is 0 Å². The van der Waals surface area contributed by atoms with Gasteiger partial charge in [-0.2, -0.15) is 0 Å². The quantitative estimate of drug-likeness (QED) is 0.102. The van der Waals surface area contributed by atoms with Crippen LogP contribution in [0.3, 0.4) is 0 Å². The Kier molecular flexibility index (Phi) is 6.79. The summed E-state index contributed by atoms with van der Waals surface area (Å²) in [5.41, 5.74) is 5.33. The second-order valence-electron chi connectivity index (χ2n) is 16.7.